The van der Waals surface area contributed by atoms with Crippen LogP contribution >= 0.6 is 0 Å². The third-order valence-corrected chi connectivity index (χ3v) is 2.69. The molecule has 0 spiro atoms. The van der Waals surface area contributed by atoms with Crippen molar-refractivity contribution in [3.63, 3.8) is 0 Å². The Kier molecular flexibility index (Phi) is 3.56. The maximum atomic E-state index is 5.94. The van der Waals surface area contributed by atoms with Crippen LogP contribution in [0.25, 0.3) is 0 Å². The zero-order valence-electron chi connectivity index (χ0n) is 9.20. The number of aromatic nitrogens is 1. The molecule has 3 nitrogen and oxygen atoms in total. The van der Waals surface area contributed by atoms with Crippen molar-refractivity contribution in [3.05, 3.63) is 24.0 Å². The molecule has 3 heteroatoms. The molecule has 1 atom stereocenters. The van der Waals surface area contributed by atoms with Crippen LogP contribution in [0.2, 0.25) is 0 Å². The SMILES string of the molecule is Cc1cc(OC2CCCNCC2)ccn1. The average molecular weight is 206 g/mol. The molecule has 1 N–H and O–H groups in total. The van der Waals surface area contributed by atoms with E-state index in [1.807, 2.05) is 19.1 Å². The van der Waals surface area contributed by atoms with Crippen molar-refractivity contribution in [2.24, 2.45) is 0 Å². The second kappa shape index (κ2) is 5.12. The fraction of sp³-hybridized carbons (Fsp3) is 0.583. The second-order valence-electron chi connectivity index (χ2n) is 4.05. The lowest BCUT2D eigenvalue weighted by molar-refractivity contribution is 0.187. The highest BCUT2D eigenvalue weighted by atomic mass is 16.5. The number of ether oxygens (including phenoxy) is 1. The van der Waals surface area contributed by atoms with Crippen molar-refractivity contribution in [1.82, 2.24) is 10.3 Å². The van der Waals surface area contributed by atoms with Crippen molar-refractivity contribution >= 4 is 0 Å². The molecule has 1 fully saturated rings. The normalized spacial score (nSPS) is 22.1. The van der Waals surface area contributed by atoms with Crippen LogP contribution in [0.3, 0.4) is 0 Å². The lowest BCUT2D eigenvalue weighted by Crippen LogP contribution is -2.19. The molecule has 15 heavy (non-hydrogen) atoms. The molecule has 0 amide bonds. The van der Waals surface area contributed by atoms with Gasteiger partial charge in [0.2, 0.25) is 0 Å². The van der Waals surface area contributed by atoms with Crippen LogP contribution in [0.1, 0.15) is 25.0 Å². The van der Waals surface area contributed by atoms with E-state index in [9.17, 15) is 0 Å². The van der Waals surface area contributed by atoms with Crippen molar-refractivity contribution < 1.29 is 4.74 Å². The summed E-state index contributed by atoms with van der Waals surface area (Å²) in [5.74, 6) is 0.953. The molecule has 0 bridgehead atoms. The van der Waals surface area contributed by atoms with Crippen molar-refractivity contribution in [1.29, 1.82) is 0 Å². The molecule has 0 aliphatic carbocycles. The Morgan fingerprint density at radius 3 is 3.20 bits per heavy atom. The molecule has 0 saturated carbocycles. The van der Waals surface area contributed by atoms with Gasteiger partial charge in [0, 0.05) is 18.0 Å². The molecule has 1 aliphatic rings. The van der Waals surface area contributed by atoms with Crippen molar-refractivity contribution in [2.45, 2.75) is 32.3 Å². The number of hydrogen-bond acceptors (Lipinski definition) is 3. The maximum absolute atomic E-state index is 5.94. The fourth-order valence-electron chi connectivity index (χ4n) is 1.89. The number of rotatable bonds is 2. The second-order valence-corrected chi connectivity index (χ2v) is 4.05. The molecule has 1 aromatic heterocycles. The first kappa shape index (κ1) is 10.4. The number of hydrogen-bond donors (Lipinski definition) is 1. The lowest BCUT2D eigenvalue weighted by atomic mass is 10.1. The number of pyridine rings is 1. The standard InChI is InChI=1S/C12H18N2O/c1-10-9-12(5-8-14-10)15-11-3-2-6-13-7-4-11/h5,8-9,11,13H,2-4,6-7H2,1H3. The van der Waals surface area contributed by atoms with Gasteiger partial charge in [-0.2, -0.15) is 0 Å². The zero-order valence-corrected chi connectivity index (χ0v) is 9.20. The highest BCUT2D eigenvalue weighted by Gasteiger charge is 2.13. The third kappa shape index (κ3) is 3.20. The summed E-state index contributed by atoms with van der Waals surface area (Å²) in [6.45, 7) is 4.17. The smallest absolute Gasteiger partial charge is 0.123 e. The molecular formula is C12H18N2O. The van der Waals surface area contributed by atoms with Crippen LogP contribution in [0.5, 0.6) is 5.75 Å². The van der Waals surface area contributed by atoms with Crippen molar-refractivity contribution in [3.8, 4) is 5.75 Å². The third-order valence-electron chi connectivity index (χ3n) is 2.69. The van der Waals surface area contributed by atoms with Gasteiger partial charge in [-0.05, 0) is 45.3 Å². The molecule has 82 valence electrons. The Bertz CT molecular complexity index is 306. The molecule has 2 rings (SSSR count). The minimum absolute atomic E-state index is 0.363. The van der Waals surface area contributed by atoms with E-state index in [0.717, 1.165) is 37.4 Å². The summed E-state index contributed by atoms with van der Waals surface area (Å²) in [5, 5.41) is 3.38. The highest BCUT2D eigenvalue weighted by molar-refractivity contribution is 5.22. The summed E-state index contributed by atoms with van der Waals surface area (Å²) in [6.07, 6.45) is 5.62. The Labute approximate surface area is 90.9 Å². The predicted octanol–water partition coefficient (Wildman–Crippen LogP) is 1.91. The van der Waals surface area contributed by atoms with Gasteiger partial charge in [-0.3, -0.25) is 4.98 Å². The van der Waals surface area contributed by atoms with E-state index in [1.165, 1.54) is 6.42 Å². The summed E-state index contributed by atoms with van der Waals surface area (Å²) in [4.78, 5) is 4.16. The quantitative estimate of drug-likeness (QED) is 0.802. The summed E-state index contributed by atoms with van der Waals surface area (Å²) >= 11 is 0. The molecular weight excluding hydrogens is 188 g/mol. The summed E-state index contributed by atoms with van der Waals surface area (Å²) in [7, 11) is 0. The number of nitrogens with one attached hydrogen (secondary N) is 1. The molecule has 0 aromatic carbocycles. The topological polar surface area (TPSA) is 34.1 Å². The Hall–Kier alpha value is -1.09. The largest absolute Gasteiger partial charge is 0.490 e. The first-order chi connectivity index (χ1) is 7.34. The predicted molar refractivity (Wildman–Crippen MR) is 60.1 cm³/mol. The molecule has 1 aromatic rings. The fourth-order valence-corrected chi connectivity index (χ4v) is 1.89. The van der Waals surface area contributed by atoms with E-state index in [0.29, 0.717) is 6.10 Å². The Morgan fingerprint density at radius 2 is 2.33 bits per heavy atom. The molecule has 2 heterocycles. The summed E-state index contributed by atoms with van der Waals surface area (Å²) in [5.41, 5.74) is 1.01. The van der Waals surface area contributed by atoms with Crippen LogP contribution < -0.4 is 10.1 Å². The van der Waals surface area contributed by atoms with Crippen LogP contribution in [0, 0.1) is 6.92 Å². The van der Waals surface area contributed by atoms with E-state index in [2.05, 4.69) is 10.3 Å². The Balaban J connectivity index is 1.95. The van der Waals surface area contributed by atoms with Gasteiger partial charge in [0.25, 0.3) is 0 Å². The molecule has 1 saturated heterocycles. The van der Waals surface area contributed by atoms with E-state index in [-0.39, 0.29) is 0 Å². The minimum atomic E-state index is 0.363. The van der Waals surface area contributed by atoms with Crippen LogP contribution in [0.15, 0.2) is 18.3 Å². The summed E-state index contributed by atoms with van der Waals surface area (Å²) < 4.78 is 5.94. The first-order valence-corrected chi connectivity index (χ1v) is 5.64. The van der Waals surface area contributed by atoms with Gasteiger partial charge < -0.3 is 10.1 Å². The van der Waals surface area contributed by atoms with E-state index >= 15 is 0 Å². The van der Waals surface area contributed by atoms with Gasteiger partial charge in [-0.15, -0.1) is 0 Å². The summed E-state index contributed by atoms with van der Waals surface area (Å²) in [6, 6.07) is 3.93. The highest BCUT2D eigenvalue weighted by Crippen LogP contribution is 2.17. The molecule has 1 aliphatic heterocycles. The minimum Gasteiger partial charge on any atom is -0.490 e. The van der Waals surface area contributed by atoms with Crippen LogP contribution in [-0.4, -0.2) is 24.2 Å². The first-order valence-electron chi connectivity index (χ1n) is 5.64. The monoisotopic (exact) mass is 206 g/mol. The van der Waals surface area contributed by atoms with E-state index in [1.54, 1.807) is 6.20 Å². The van der Waals surface area contributed by atoms with Gasteiger partial charge in [0.15, 0.2) is 0 Å². The van der Waals surface area contributed by atoms with E-state index in [4.69, 9.17) is 4.74 Å². The average Bonchev–Trinajstić information content (AvgIpc) is 2.46. The zero-order chi connectivity index (χ0) is 10.5. The maximum Gasteiger partial charge on any atom is 0.123 e. The number of nitrogens with zero attached hydrogens (tertiary/aromatic N) is 1. The van der Waals surface area contributed by atoms with Gasteiger partial charge in [-0.25, -0.2) is 0 Å². The van der Waals surface area contributed by atoms with Crippen LogP contribution in [-0.2, 0) is 0 Å². The van der Waals surface area contributed by atoms with Crippen molar-refractivity contribution in [2.75, 3.05) is 13.1 Å². The Morgan fingerprint density at radius 1 is 1.40 bits per heavy atom. The van der Waals surface area contributed by atoms with E-state index < -0.39 is 0 Å². The molecule has 1 unspecified atom stereocenters. The van der Waals surface area contributed by atoms with Gasteiger partial charge in [-0.1, -0.05) is 0 Å². The van der Waals surface area contributed by atoms with Crippen LogP contribution in [0.4, 0.5) is 0 Å². The lowest BCUT2D eigenvalue weighted by Gasteiger charge is -2.16. The molecule has 0 radical (unpaired) electrons. The number of aryl methyl sites for hydroxylation is 1. The van der Waals surface area contributed by atoms with Gasteiger partial charge in [0.1, 0.15) is 5.75 Å². The van der Waals surface area contributed by atoms with Gasteiger partial charge >= 0.3 is 0 Å². The van der Waals surface area contributed by atoms with Gasteiger partial charge in [0.05, 0.1) is 6.10 Å².